The number of pyridine rings is 1. The number of hydrogen-bond acceptors (Lipinski definition) is 2. The van der Waals surface area contributed by atoms with Crippen molar-refractivity contribution in [3.63, 3.8) is 0 Å². The maximum absolute atomic E-state index is 5.44. The van der Waals surface area contributed by atoms with Crippen molar-refractivity contribution in [1.29, 1.82) is 0 Å². The minimum atomic E-state index is 0.810. The third-order valence-electron chi connectivity index (χ3n) is 0.921. The van der Waals surface area contributed by atoms with Crippen LogP contribution in [0.4, 0.5) is 5.69 Å². The summed E-state index contributed by atoms with van der Waals surface area (Å²) in [5.74, 6) is 0. The fourth-order valence-electron chi connectivity index (χ4n) is 0.567. The van der Waals surface area contributed by atoms with Crippen molar-refractivity contribution in [3.05, 3.63) is 18.3 Å². The molecule has 0 aliphatic heterocycles. The van der Waals surface area contributed by atoms with Crippen molar-refractivity contribution in [2.45, 2.75) is 0 Å². The number of anilines is 1. The lowest BCUT2D eigenvalue weighted by Crippen LogP contribution is -2.07. The zero-order valence-corrected chi connectivity index (χ0v) is 6.76. The van der Waals surface area contributed by atoms with Gasteiger partial charge in [-0.3, -0.25) is 4.98 Å². The summed E-state index contributed by atoms with van der Waals surface area (Å²) in [6, 6.07) is 3.69. The summed E-state index contributed by atoms with van der Waals surface area (Å²) in [7, 11) is 0.981. The monoisotopic (exact) mass is 124 g/mol. The number of nitrogen functional groups attached to an aromatic ring is 1. The first-order valence-corrected chi connectivity index (χ1v) is 3.47. The minimum absolute atomic E-state index is 0.810. The molecule has 0 unspecified atom stereocenters. The predicted molar refractivity (Wildman–Crippen MR) is 38.2 cm³/mol. The highest BCUT2D eigenvalue weighted by Crippen LogP contribution is 1.90. The molecule has 0 bridgehead atoms. The summed E-state index contributed by atoms with van der Waals surface area (Å²) in [5.41, 5.74) is 6.25. The average Bonchev–Trinajstić information content (AvgIpc) is 1.64. The van der Waals surface area contributed by atoms with E-state index < -0.39 is 0 Å². The van der Waals surface area contributed by atoms with Gasteiger partial charge in [0.2, 0.25) is 0 Å². The first-order valence-electron chi connectivity index (χ1n) is 2.47. The SMILES string of the molecule is Nc1ccnc([SiH3])c1. The molecule has 0 saturated heterocycles. The Hall–Kier alpha value is -0.833. The number of nitrogens with two attached hydrogens (primary N) is 1. The molecule has 8 heavy (non-hydrogen) atoms. The molecule has 42 valence electrons. The van der Waals surface area contributed by atoms with E-state index in [1.54, 1.807) is 12.3 Å². The minimum Gasteiger partial charge on any atom is -0.399 e. The summed E-state index contributed by atoms with van der Waals surface area (Å²) in [5, 5.41) is 1.10. The van der Waals surface area contributed by atoms with E-state index in [9.17, 15) is 0 Å². The predicted octanol–water partition coefficient (Wildman–Crippen LogP) is -1.35. The number of hydrogen-bond donors (Lipinski definition) is 1. The van der Waals surface area contributed by atoms with Crippen molar-refractivity contribution in [3.8, 4) is 0 Å². The van der Waals surface area contributed by atoms with E-state index in [4.69, 9.17) is 5.73 Å². The summed E-state index contributed by atoms with van der Waals surface area (Å²) in [4.78, 5) is 4.02. The van der Waals surface area contributed by atoms with Crippen LogP contribution < -0.4 is 11.1 Å². The molecular weight excluding hydrogens is 116 g/mol. The van der Waals surface area contributed by atoms with E-state index >= 15 is 0 Å². The Bertz CT molecular complexity index is 170. The molecule has 1 rings (SSSR count). The van der Waals surface area contributed by atoms with Crippen LogP contribution in [0.3, 0.4) is 0 Å². The van der Waals surface area contributed by atoms with E-state index in [1.165, 1.54) is 0 Å². The number of aromatic nitrogens is 1. The average molecular weight is 124 g/mol. The largest absolute Gasteiger partial charge is 0.399 e. The Labute approximate surface area is 51.2 Å². The lowest BCUT2D eigenvalue weighted by atomic mass is 10.4. The molecular formula is C5H8N2Si. The van der Waals surface area contributed by atoms with Gasteiger partial charge in [-0.15, -0.1) is 0 Å². The third kappa shape index (κ3) is 1.07. The van der Waals surface area contributed by atoms with E-state index in [0.717, 1.165) is 21.2 Å². The normalized spacial score (nSPS) is 9.50. The Morgan fingerprint density at radius 1 is 1.62 bits per heavy atom. The topological polar surface area (TPSA) is 38.9 Å². The number of nitrogens with zero attached hydrogens (tertiary/aromatic N) is 1. The lowest BCUT2D eigenvalue weighted by molar-refractivity contribution is 1.39. The van der Waals surface area contributed by atoms with Crippen molar-refractivity contribution in [2.24, 2.45) is 0 Å². The van der Waals surface area contributed by atoms with Gasteiger partial charge in [0.25, 0.3) is 0 Å². The summed E-state index contributed by atoms with van der Waals surface area (Å²) in [6.07, 6.45) is 1.73. The van der Waals surface area contributed by atoms with Crippen LogP contribution in [-0.4, -0.2) is 15.2 Å². The summed E-state index contributed by atoms with van der Waals surface area (Å²) < 4.78 is 0. The molecule has 0 aromatic carbocycles. The van der Waals surface area contributed by atoms with Gasteiger partial charge in [0.15, 0.2) is 0 Å². The highest BCUT2D eigenvalue weighted by molar-refractivity contribution is 6.30. The van der Waals surface area contributed by atoms with Crippen molar-refractivity contribution in [2.75, 3.05) is 5.73 Å². The van der Waals surface area contributed by atoms with Gasteiger partial charge in [0, 0.05) is 17.2 Å². The second kappa shape index (κ2) is 1.96. The third-order valence-corrected chi connectivity index (χ3v) is 1.47. The van der Waals surface area contributed by atoms with Gasteiger partial charge >= 0.3 is 0 Å². The van der Waals surface area contributed by atoms with Gasteiger partial charge in [-0.05, 0) is 12.1 Å². The fourth-order valence-corrected chi connectivity index (χ4v) is 1.05. The fraction of sp³-hybridized carbons (Fsp3) is 0. The molecule has 3 heteroatoms. The molecule has 0 atom stereocenters. The second-order valence-electron chi connectivity index (χ2n) is 1.73. The van der Waals surface area contributed by atoms with Crippen molar-refractivity contribution in [1.82, 2.24) is 4.98 Å². The molecule has 1 heterocycles. The lowest BCUT2D eigenvalue weighted by Gasteiger charge is -1.90. The molecule has 0 saturated carbocycles. The quantitative estimate of drug-likeness (QED) is 0.435. The Kier molecular flexibility index (Phi) is 1.30. The summed E-state index contributed by atoms with van der Waals surface area (Å²) >= 11 is 0. The smallest absolute Gasteiger partial charge is 0.0624 e. The molecule has 0 aliphatic carbocycles. The van der Waals surface area contributed by atoms with Crippen LogP contribution in [0, 0.1) is 0 Å². The van der Waals surface area contributed by atoms with E-state index in [2.05, 4.69) is 4.98 Å². The van der Waals surface area contributed by atoms with Crippen LogP contribution >= 0.6 is 0 Å². The van der Waals surface area contributed by atoms with Gasteiger partial charge in [-0.2, -0.15) is 0 Å². The van der Waals surface area contributed by atoms with Crippen LogP contribution in [0.25, 0.3) is 0 Å². The Morgan fingerprint density at radius 2 is 2.38 bits per heavy atom. The highest BCUT2D eigenvalue weighted by Gasteiger charge is 1.82. The van der Waals surface area contributed by atoms with Gasteiger partial charge in [-0.25, -0.2) is 0 Å². The van der Waals surface area contributed by atoms with Crippen molar-refractivity contribution < 1.29 is 0 Å². The summed E-state index contributed by atoms with van der Waals surface area (Å²) in [6.45, 7) is 0. The first kappa shape index (κ1) is 5.31. The second-order valence-corrected chi connectivity index (χ2v) is 2.76. The maximum atomic E-state index is 5.44. The van der Waals surface area contributed by atoms with E-state index in [1.807, 2.05) is 6.07 Å². The van der Waals surface area contributed by atoms with Crippen molar-refractivity contribution >= 4 is 21.2 Å². The van der Waals surface area contributed by atoms with Crippen LogP contribution in [-0.2, 0) is 0 Å². The molecule has 1 aromatic heterocycles. The Morgan fingerprint density at radius 3 is 2.75 bits per heavy atom. The molecule has 0 spiro atoms. The van der Waals surface area contributed by atoms with Gasteiger partial charge < -0.3 is 5.73 Å². The van der Waals surface area contributed by atoms with Gasteiger partial charge in [-0.1, -0.05) is 0 Å². The van der Waals surface area contributed by atoms with Crippen LogP contribution in [0.2, 0.25) is 0 Å². The standard InChI is InChI=1S/C5H8N2Si/c6-4-1-2-7-5(8)3-4/h1-3H,8H3,(H2,6,7). The van der Waals surface area contributed by atoms with Gasteiger partial charge in [0.05, 0.1) is 10.2 Å². The molecule has 0 amide bonds. The van der Waals surface area contributed by atoms with E-state index in [-0.39, 0.29) is 0 Å². The highest BCUT2D eigenvalue weighted by atomic mass is 28.1. The molecule has 1 aromatic rings. The molecule has 0 radical (unpaired) electrons. The zero-order chi connectivity index (χ0) is 5.98. The molecule has 0 aliphatic rings. The molecule has 2 nitrogen and oxygen atoms in total. The van der Waals surface area contributed by atoms with Gasteiger partial charge in [0.1, 0.15) is 0 Å². The maximum Gasteiger partial charge on any atom is 0.0624 e. The molecule has 0 fully saturated rings. The molecule has 2 N–H and O–H groups in total. The zero-order valence-electron chi connectivity index (χ0n) is 4.76. The number of rotatable bonds is 0. The van der Waals surface area contributed by atoms with Crippen LogP contribution in [0.5, 0.6) is 0 Å². The van der Waals surface area contributed by atoms with E-state index in [0.29, 0.717) is 0 Å². The van der Waals surface area contributed by atoms with Crippen LogP contribution in [0.15, 0.2) is 18.3 Å². The Balaban J connectivity index is 3.08. The van der Waals surface area contributed by atoms with Crippen LogP contribution in [0.1, 0.15) is 0 Å². The first-order chi connectivity index (χ1) is 3.79.